The van der Waals surface area contributed by atoms with E-state index in [4.69, 9.17) is 0 Å². The van der Waals surface area contributed by atoms with Crippen molar-refractivity contribution in [2.75, 3.05) is 5.75 Å². The molecule has 0 atom stereocenters. The van der Waals surface area contributed by atoms with Crippen LogP contribution in [0.25, 0.3) is 16.7 Å². The highest BCUT2D eigenvalue weighted by atomic mass is 32.2. The Morgan fingerprint density at radius 2 is 2.00 bits per heavy atom. The quantitative estimate of drug-likeness (QED) is 0.461. The highest BCUT2D eigenvalue weighted by molar-refractivity contribution is 7.99. The van der Waals surface area contributed by atoms with Crippen molar-refractivity contribution in [2.45, 2.75) is 43.4 Å². The fraction of sp³-hybridized carbons (Fsp3) is 0.350. The minimum Gasteiger partial charge on any atom is -0.335 e. The summed E-state index contributed by atoms with van der Waals surface area (Å²) < 4.78 is 3.23. The Morgan fingerprint density at radius 1 is 1.23 bits per heavy atom. The number of thioether (sulfide) groups is 1. The zero-order valence-corrected chi connectivity index (χ0v) is 17.2. The number of fused-ring (bicyclic) bond motifs is 3. The van der Waals surface area contributed by atoms with E-state index in [1.54, 1.807) is 22.6 Å². The van der Waals surface area contributed by atoms with Crippen molar-refractivity contribution in [3.05, 3.63) is 47.3 Å². The molecule has 1 saturated carbocycles. The molecular formula is C20H22N6O3S. The van der Waals surface area contributed by atoms with E-state index in [9.17, 15) is 14.4 Å². The first-order valence-electron chi connectivity index (χ1n) is 9.79. The largest absolute Gasteiger partial charge is 0.335 e. The first-order chi connectivity index (χ1) is 14.6. The van der Waals surface area contributed by atoms with Crippen LogP contribution in [0.1, 0.15) is 25.7 Å². The topological polar surface area (TPSA) is 110 Å². The van der Waals surface area contributed by atoms with Crippen molar-refractivity contribution >= 4 is 40.4 Å². The molecule has 1 aromatic carbocycles. The molecule has 2 heterocycles. The van der Waals surface area contributed by atoms with E-state index < -0.39 is 11.9 Å². The lowest BCUT2D eigenvalue weighted by atomic mass is 10.2. The van der Waals surface area contributed by atoms with E-state index in [0.29, 0.717) is 21.8 Å². The number of imide groups is 1. The molecule has 4 rings (SSSR count). The Kier molecular flexibility index (Phi) is 5.84. The molecule has 10 heteroatoms. The van der Waals surface area contributed by atoms with Gasteiger partial charge in [-0.05, 0) is 25.0 Å². The number of amides is 3. The van der Waals surface area contributed by atoms with Gasteiger partial charge in [-0.1, -0.05) is 42.8 Å². The minimum atomic E-state index is -0.469. The molecule has 0 saturated heterocycles. The summed E-state index contributed by atoms with van der Waals surface area (Å²) in [5.74, 6) is -0.0511. The number of hydrogen-bond donors (Lipinski definition) is 2. The molecule has 0 bridgehead atoms. The number of allylic oxidation sites excluding steroid dienone is 1. The van der Waals surface area contributed by atoms with Gasteiger partial charge in [0.15, 0.2) is 5.16 Å². The SMILES string of the molecule is C=CCn1c(=O)c2ccccc2n2c(SCC(=O)NC(=O)NC3CCCC3)nnc12. The zero-order valence-electron chi connectivity index (χ0n) is 16.3. The summed E-state index contributed by atoms with van der Waals surface area (Å²) in [6.45, 7) is 3.99. The second kappa shape index (κ2) is 8.70. The molecular weight excluding hydrogens is 404 g/mol. The summed E-state index contributed by atoms with van der Waals surface area (Å²) in [5, 5.41) is 14.5. The normalized spacial score (nSPS) is 14.3. The van der Waals surface area contributed by atoms with Gasteiger partial charge in [0, 0.05) is 12.6 Å². The van der Waals surface area contributed by atoms with E-state index in [2.05, 4.69) is 27.4 Å². The fourth-order valence-corrected chi connectivity index (χ4v) is 4.45. The first-order valence-corrected chi connectivity index (χ1v) is 10.8. The van der Waals surface area contributed by atoms with Crippen LogP contribution in [0.4, 0.5) is 4.79 Å². The van der Waals surface area contributed by atoms with Gasteiger partial charge >= 0.3 is 6.03 Å². The lowest BCUT2D eigenvalue weighted by molar-refractivity contribution is -0.117. The van der Waals surface area contributed by atoms with E-state index in [1.165, 1.54) is 4.57 Å². The number of urea groups is 1. The molecule has 156 valence electrons. The van der Waals surface area contributed by atoms with Gasteiger partial charge in [0.05, 0.1) is 16.7 Å². The average Bonchev–Trinajstić information content (AvgIpc) is 3.39. The summed E-state index contributed by atoms with van der Waals surface area (Å²) in [4.78, 5) is 37.0. The smallest absolute Gasteiger partial charge is 0.321 e. The van der Waals surface area contributed by atoms with Crippen molar-refractivity contribution in [1.29, 1.82) is 0 Å². The third kappa shape index (κ3) is 3.95. The number of aromatic nitrogens is 4. The van der Waals surface area contributed by atoms with Crippen LogP contribution in [-0.4, -0.2) is 42.9 Å². The van der Waals surface area contributed by atoms with Crippen LogP contribution in [0.2, 0.25) is 0 Å². The average molecular weight is 427 g/mol. The Morgan fingerprint density at radius 3 is 2.77 bits per heavy atom. The van der Waals surface area contributed by atoms with Gasteiger partial charge in [-0.2, -0.15) is 0 Å². The number of rotatable bonds is 6. The lowest BCUT2D eigenvalue weighted by Crippen LogP contribution is -2.44. The predicted molar refractivity (Wildman–Crippen MR) is 115 cm³/mol. The van der Waals surface area contributed by atoms with Crippen molar-refractivity contribution in [3.8, 4) is 0 Å². The van der Waals surface area contributed by atoms with Gasteiger partial charge in [0.25, 0.3) is 5.56 Å². The summed E-state index contributed by atoms with van der Waals surface area (Å²) in [7, 11) is 0. The van der Waals surface area contributed by atoms with Crippen LogP contribution >= 0.6 is 11.8 Å². The van der Waals surface area contributed by atoms with E-state index in [1.807, 2.05) is 12.1 Å². The van der Waals surface area contributed by atoms with Crippen molar-refractivity contribution in [2.24, 2.45) is 0 Å². The molecule has 0 unspecified atom stereocenters. The molecule has 3 amide bonds. The molecule has 3 aromatic rings. The van der Waals surface area contributed by atoms with Crippen LogP contribution in [-0.2, 0) is 11.3 Å². The Balaban J connectivity index is 1.54. The van der Waals surface area contributed by atoms with Gasteiger partial charge in [0.2, 0.25) is 11.7 Å². The number of hydrogen-bond acceptors (Lipinski definition) is 6. The maximum atomic E-state index is 12.8. The van der Waals surface area contributed by atoms with Crippen LogP contribution in [0.5, 0.6) is 0 Å². The standard InChI is InChI=1S/C20H22N6O3S/c1-2-11-25-17(28)14-9-5-6-10-15(14)26-19(25)23-24-20(26)30-12-16(27)22-18(29)21-13-7-3-4-8-13/h2,5-6,9-10,13H,1,3-4,7-8,11-12H2,(H2,21,22,27,29). The highest BCUT2D eigenvalue weighted by Crippen LogP contribution is 2.21. The molecule has 2 aromatic heterocycles. The Labute approximate surface area is 176 Å². The van der Waals surface area contributed by atoms with Crippen LogP contribution in [0.15, 0.2) is 46.9 Å². The highest BCUT2D eigenvalue weighted by Gasteiger charge is 2.20. The summed E-state index contributed by atoms with van der Waals surface area (Å²) in [6.07, 6.45) is 5.70. The molecule has 9 nitrogen and oxygen atoms in total. The molecule has 2 N–H and O–H groups in total. The maximum Gasteiger partial charge on any atom is 0.321 e. The number of para-hydroxylation sites is 1. The molecule has 0 spiro atoms. The van der Waals surface area contributed by atoms with Gasteiger partial charge in [-0.15, -0.1) is 16.8 Å². The van der Waals surface area contributed by atoms with Crippen molar-refractivity contribution < 1.29 is 9.59 Å². The second-order valence-electron chi connectivity index (χ2n) is 7.13. The number of nitrogens with one attached hydrogen (secondary N) is 2. The Hall–Kier alpha value is -3.14. The minimum absolute atomic E-state index is 0.00616. The van der Waals surface area contributed by atoms with Crippen LogP contribution < -0.4 is 16.2 Å². The van der Waals surface area contributed by atoms with Crippen LogP contribution in [0.3, 0.4) is 0 Å². The van der Waals surface area contributed by atoms with Crippen LogP contribution in [0, 0.1) is 0 Å². The van der Waals surface area contributed by atoms with Gasteiger partial charge in [-0.3, -0.25) is 23.9 Å². The number of carbonyl (C=O) groups is 2. The first kappa shape index (κ1) is 20.1. The lowest BCUT2D eigenvalue weighted by Gasteiger charge is -2.12. The summed E-state index contributed by atoms with van der Waals surface area (Å²) in [6, 6.07) is 6.84. The van der Waals surface area contributed by atoms with Gasteiger partial charge < -0.3 is 5.32 Å². The van der Waals surface area contributed by atoms with E-state index in [0.717, 1.165) is 37.4 Å². The maximum absolute atomic E-state index is 12.8. The second-order valence-corrected chi connectivity index (χ2v) is 8.07. The molecule has 1 fully saturated rings. The summed E-state index contributed by atoms with van der Waals surface area (Å²) >= 11 is 1.15. The van der Waals surface area contributed by atoms with Crippen molar-refractivity contribution in [1.82, 2.24) is 29.8 Å². The number of nitrogens with zero attached hydrogens (tertiary/aromatic N) is 4. The number of carbonyl (C=O) groups excluding carboxylic acids is 2. The molecule has 1 aliphatic rings. The van der Waals surface area contributed by atoms with Crippen molar-refractivity contribution in [3.63, 3.8) is 0 Å². The zero-order chi connectivity index (χ0) is 21.1. The Bertz CT molecular complexity index is 1180. The predicted octanol–water partition coefficient (Wildman–Crippen LogP) is 2.09. The van der Waals surface area contributed by atoms with Gasteiger partial charge in [0.1, 0.15) is 0 Å². The molecule has 0 aliphatic heterocycles. The monoisotopic (exact) mass is 426 g/mol. The number of benzene rings is 1. The van der Waals surface area contributed by atoms with E-state index >= 15 is 0 Å². The molecule has 0 radical (unpaired) electrons. The third-order valence-electron chi connectivity index (χ3n) is 5.07. The fourth-order valence-electron chi connectivity index (χ4n) is 3.71. The molecule has 1 aliphatic carbocycles. The van der Waals surface area contributed by atoms with Gasteiger partial charge in [-0.25, -0.2) is 4.79 Å². The third-order valence-corrected chi connectivity index (χ3v) is 5.99. The summed E-state index contributed by atoms with van der Waals surface area (Å²) in [5.41, 5.74) is 0.480. The van der Waals surface area contributed by atoms with E-state index in [-0.39, 0.29) is 23.9 Å². The molecule has 30 heavy (non-hydrogen) atoms.